The van der Waals surface area contributed by atoms with Gasteiger partial charge in [-0.05, 0) is 18.2 Å². The van der Waals surface area contributed by atoms with Gasteiger partial charge in [-0.1, -0.05) is 0 Å². The van der Waals surface area contributed by atoms with E-state index >= 15 is 0 Å². The van der Waals surface area contributed by atoms with E-state index in [-0.39, 0.29) is 17.9 Å². The summed E-state index contributed by atoms with van der Waals surface area (Å²) in [6.07, 6.45) is 6.05. The molecule has 0 radical (unpaired) electrons. The first kappa shape index (κ1) is 20.2. The number of hydrogen-bond donors (Lipinski definition) is 4. The standard InChI is InChI=1S/C20H18F2N6O4/c21-20(22)32-16-5-10-4-11(9-29)31-15(10)6-12(16)17-14(8-24-27-17)26-19(30)13-7-25-28-3-1-2-23-18(13)28/h1-3,5-8,11,17,20,24,27,29H,4,9H2,(H,26,30). The molecule has 2 aliphatic rings. The van der Waals surface area contributed by atoms with E-state index in [0.29, 0.717) is 34.6 Å². The second-order valence-corrected chi connectivity index (χ2v) is 7.22. The number of aromatic nitrogens is 3. The Morgan fingerprint density at radius 1 is 1.44 bits per heavy atom. The number of carbonyl (C=O) groups is 1. The first-order valence-electron chi connectivity index (χ1n) is 9.73. The molecule has 32 heavy (non-hydrogen) atoms. The minimum absolute atomic E-state index is 0.0556. The smallest absolute Gasteiger partial charge is 0.387 e. The van der Waals surface area contributed by atoms with Gasteiger partial charge < -0.3 is 25.3 Å². The number of nitrogens with zero attached hydrogens (tertiary/aromatic N) is 3. The van der Waals surface area contributed by atoms with Crippen molar-refractivity contribution in [3.05, 3.63) is 65.4 Å². The van der Waals surface area contributed by atoms with Gasteiger partial charge in [-0.3, -0.25) is 4.79 Å². The summed E-state index contributed by atoms with van der Waals surface area (Å²) in [4.78, 5) is 17.0. The second-order valence-electron chi connectivity index (χ2n) is 7.22. The fraction of sp³-hybridized carbons (Fsp3) is 0.250. The van der Waals surface area contributed by atoms with Crippen LogP contribution in [0.2, 0.25) is 0 Å². The average molecular weight is 444 g/mol. The number of benzene rings is 1. The van der Waals surface area contributed by atoms with Gasteiger partial charge in [-0.25, -0.2) is 14.9 Å². The molecule has 0 saturated carbocycles. The van der Waals surface area contributed by atoms with Crippen LogP contribution in [0.25, 0.3) is 5.65 Å². The summed E-state index contributed by atoms with van der Waals surface area (Å²) in [7, 11) is 0. The van der Waals surface area contributed by atoms with Crippen molar-refractivity contribution in [1.82, 2.24) is 30.8 Å². The van der Waals surface area contributed by atoms with Crippen LogP contribution in [0.5, 0.6) is 11.5 Å². The summed E-state index contributed by atoms with van der Waals surface area (Å²) in [6.45, 7) is -3.24. The maximum absolute atomic E-state index is 13.1. The van der Waals surface area contributed by atoms with Crippen molar-refractivity contribution in [3.63, 3.8) is 0 Å². The zero-order chi connectivity index (χ0) is 22.2. The lowest BCUT2D eigenvalue weighted by atomic mass is 10.00. The molecule has 3 aromatic rings. The van der Waals surface area contributed by atoms with Crippen molar-refractivity contribution in [2.75, 3.05) is 6.61 Å². The number of nitrogens with one attached hydrogen (secondary N) is 3. The molecule has 12 heteroatoms. The predicted molar refractivity (Wildman–Crippen MR) is 106 cm³/mol. The lowest BCUT2D eigenvalue weighted by Crippen LogP contribution is -2.31. The molecular weight excluding hydrogens is 426 g/mol. The first-order valence-corrected chi connectivity index (χ1v) is 9.73. The Bertz CT molecular complexity index is 1210. The summed E-state index contributed by atoms with van der Waals surface area (Å²) in [5, 5.41) is 16.2. The van der Waals surface area contributed by atoms with Gasteiger partial charge in [0.25, 0.3) is 5.91 Å². The van der Waals surface area contributed by atoms with Crippen LogP contribution in [0.1, 0.15) is 27.5 Å². The lowest BCUT2D eigenvalue weighted by Gasteiger charge is -2.20. The molecule has 1 aromatic carbocycles. The Morgan fingerprint density at radius 2 is 2.31 bits per heavy atom. The van der Waals surface area contributed by atoms with Gasteiger partial charge in [-0.2, -0.15) is 13.9 Å². The van der Waals surface area contributed by atoms with Gasteiger partial charge >= 0.3 is 6.61 Å². The summed E-state index contributed by atoms with van der Waals surface area (Å²) in [5.74, 6) is -0.0543. The van der Waals surface area contributed by atoms with E-state index in [2.05, 4.69) is 26.3 Å². The Kier molecular flexibility index (Phi) is 5.07. The van der Waals surface area contributed by atoms with E-state index in [4.69, 9.17) is 9.47 Å². The third-order valence-electron chi connectivity index (χ3n) is 5.21. The maximum Gasteiger partial charge on any atom is 0.387 e. The van der Waals surface area contributed by atoms with E-state index in [1.54, 1.807) is 24.5 Å². The number of carbonyl (C=O) groups excluding carboxylic acids is 1. The van der Waals surface area contributed by atoms with E-state index in [0.717, 1.165) is 0 Å². The Balaban J connectivity index is 1.44. The molecule has 2 aliphatic heterocycles. The first-order chi connectivity index (χ1) is 15.5. The number of amides is 1. The van der Waals surface area contributed by atoms with E-state index in [1.807, 2.05) is 0 Å². The van der Waals surface area contributed by atoms with Crippen LogP contribution in [0, 0.1) is 0 Å². The zero-order valence-corrected chi connectivity index (χ0v) is 16.5. The number of rotatable bonds is 6. The summed E-state index contributed by atoms with van der Waals surface area (Å²) in [6, 6.07) is 4.02. The molecule has 4 heterocycles. The average Bonchev–Trinajstić information content (AvgIpc) is 3.50. The highest BCUT2D eigenvalue weighted by molar-refractivity contribution is 6.00. The maximum atomic E-state index is 13.1. The van der Waals surface area contributed by atoms with Gasteiger partial charge in [0, 0.05) is 36.1 Å². The van der Waals surface area contributed by atoms with E-state index in [1.165, 1.54) is 23.0 Å². The van der Waals surface area contributed by atoms with Crippen molar-refractivity contribution in [3.8, 4) is 11.5 Å². The predicted octanol–water partition coefficient (Wildman–Crippen LogP) is 1.05. The topological polar surface area (TPSA) is 122 Å². The normalized spacial score (nSPS) is 19.4. The molecule has 2 atom stereocenters. The van der Waals surface area contributed by atoms with Gasteiger partial charge in [0.2, 0.25) is 0 Å². The molecule has 4 N–H and O–H groups in total. The van der Waals surface area contributed by atoms with Crippen LogP contribution in [-0.2, 0) is 6.42 Å². The zero-order valence-electron chi connectivity index (χ0n) is 16.5. The lowest BCUT2D eigenvalue weighted by molar-refractivity contribution is -0.0507. The number of alkyl halides is 2. The van der Waals surface area contributed by atoms with Crippen LogP contribution < -0.4 is 25.6 Å². The quantitative estimate of drug-likeness (QED) is 0.445. The highest BCUT2D eigenvalue weighted by Gasteiger charge is 2.31. The van der Waals surface area contributed by atoms with Crippen molar-refractivity contribution in [1.29, 1.82) is 0 Å². The summed E-state index contributed by atoms with van der Waals surface area (Å²) in [5.41, 5.74) is 7.70. The van der Waals surface area contributed by atoms with Gasteiger partial charge in [-0.15, -0.1) is 0 Å². The molecule has 5 rings (SSSR count). The Morgan fingerprint density at radius 3 is 3.12 bits per heavy atom. The molecule has 2 aromatic heterocycles. The molecule has 0 aliphatic carbocycles. The number of fused-ring (bicyclic) bond motifs is 2. The van der Waals surface area contributed by atoms with Crippen LogP contribution in [0.15, 0.2) is 48.7 Å². The monoisotopic (exact) mass is 444 g/mol. The number of halogens is 2. The van der Waals surface area contributed by atoms with Crippen LogP contribution >= 0.6 is 0 Å². The number of ether oxygens (including phenoxy) is 2. The van der Waals surface area contributed by atoms with Crippen molar-refractivity contribution >= 4 is 11.6 Å². The molecule has 10 nitrogen and oxygen atoms in total. The van der Waals surface area contributed by atoms with Gasteiger partial charge in [0.15, 0.2) is 5.65 Å². The van der Waals surface area contributed by atoms with Crippen LogP contribution in [0.4, 0.5) is 8.78 Å². The number of hydrogen-bond acceptors (Lipinski definition) is 8. The van der Waals surface area contributed by atoms with Crippen LogP contribution in [-0.4, -0.2) is 44.9 Å². The van der Waals surface area contributed by atoms with Gasteiger partial charge in [0.1, 0.15) is 23.2 Å². The number of hydrazine groups is 1. The number of aliphatic hydroxyl groups is 1. The van der Waals surface area contributed by atoms with Crippen LogP contribution in [0.3, 0.4) is 0 Å². The third-order valence-corrected chi connectivity index (χ3v) is 5.21. The summed E-state index contributed by atoms with van der Waals surface area (Å²) >= 11 is 0. The van der Waals surface area contributed by atoms with Crippen molar-refractivity contribution in [2.24, 2.45) is 0 Å². The fourth-order valence-corrected chi connectivity index (χ4v) is 3.78. The van der Waals surface area contributed by atoms with E-state index in [9.17, 15) is 18.7 Å². The molecule has 1 amide bonds. The second kappa shape index (κ2) is 8.05. The molecule has 0 saturated heterocycles. The SMILES string of the molecule is O=C(NC1=CNNC1c1cc2c(cc1OC(F)F)CC(CO)O2)c1cnn2cccnc12. The van der Waals surface area contributed by atoms with Crippen molar-refractivity contribution in [2.45, 2.75) is 25.2 Å². The fourth-order valence-electron chi connectivity index (χ4n) is 3.78. The Labute approximate surface area is 179 Å². The summed E-state index contributed by atoms with van der Waals surface area (Å²) < 4.78 is 38.1. The minimum atomic E-state index is -3.04. The molecule has 0 spiro atoms. The minimum Gasteiger partial charge on any atom is -0.487 e. The number of aliphatic hydroxyl groups excluding tert-OH is 1. The van der Waals surface area contributed by atoms with Gasteiger partial charge in [0.05, 0.1) is 24.5 Å². The molecule has 0 bridgehead atoms. The third kappa shape index (κ3) is 3.59. The molecular formula is C20H18F2N6O4. The van der Waals surface area contributed by atoms with Crippen molar-refractivity contribution < 1.29 is 28.2 Å². The Hall–Kier alpha value is -3.77. The van der Waals surface area contributed by atoms with E-state index < -0.39 is 24.7 Å². The largest absolute Gasteiger partial charge is 0.487 e. The molecule has 166 valence electrons. The molecule has 2 unspecified atom stereocenters. The highest BCUT2D eigenvalue weighted by atomic mass is 19.3. The highest BCUT2D eigenvalue weighted by Crippen LogP contribution is 2.40. The molecule has 0 fully saturated rings.